The van der Waals surface area contributed by atoms with Gasteiger partial charge in [0.2, 0.25) is 10.0 Å². The summed E-state index contributed by atoms with van der Waals surface area (Å²) in [4.78, 5) is 12.0. The third-order valence-corrected chi connectivity index (χ3v) is 4.20. The average Bonchev–Trinajstić information content (AvgIpc) is 2.32. The number of hydrogen-bond acceptors (Lipinski definition) is 4. The number of methoxy groups -OCH3 is 1. The first kappa shape index (κ1) is 15.0. The monoisotopic (exact) mass is 298 g/mol. The third kappa shape index (κ3) is 3.56. The summed E-state index contributed by atoms with van der Waals surface area (Å²) >= 11 is 0. The van der Waals surface area contributed by atoms with Crippen molar-refractivity contribution in [3.8, 4) is 0 Å². The van der Waals surface area contributed by atoms with Crippen LogP contribution < -0.4 is 10.5 Å². The quantitative estimate of drug-likeness (QED) is 0.838. The topological polar surface area (TPSA) is 98.5 Å². The minimum absolute atomic E-state index is 0.0780. The van der Waals surface area contributed by atoms with Crippen molar-refractivity contribution >= 4 is 15.9 Å². The molecule has 0 aromatic heterocycles. The fourth-order valence-corrected chi connectivity index (χ4v) is 2.63. The number of nitrogens with one attached hydrogen (secondary N) is 1. The van der Waals surface area contributed by atoms with Crippen molar-refractivity contribution < 1.29 is 17.9 Å². The molecule has 0 saturated heterocycles. The second-order valence-electron chi connectivity index (χ2n) is 4.94. The SMILES string of the molecule is COCc1cc(C(=O)NC2CCC2)cc(S(N)(=O)=O)c1. The summed E-state index contributed by atoms with van der Waals surface area (Å²) < 4.78 is 27.9. The number of sulfonamides is 1. The number of ether oxygens (including phenoxy) is 1. The van der Waals surface area contributed by atoms with Gasteiger partial charge in [0.15, 0.2) is 0 Å². The molecular formula is C13H18N2O4S. The minimum atomic E-state index is -3.86. The molecule has 0 aliphatic heterocycles. The molecule has 6 nitrogen and oxygen atoms in total. The number of benzene rings is 1. The van der Waals surface area contributed by atoms with Gasteiger partial charge in [0.25, 0.3) is 5.91 Å². The second-order valence-corrected chi connectivity index (χ2v) is 6.51. The zero-order chi connectivity index (χ0) is 14.8. The highest BCUT2D eigenvalue weighted by Crippen LogP contribution is 2.20. The van der Waals surface area contributed by atoms with Gasteiger partial charge >= 0.3 is 0 Å². The predicted molar refractivity (Wildman–Crippen MR) is 73.6 cm³/mol. The molecule has 1 fully saturated rings. The van der Waals surface area contributed by atoms with Gasteiger partial charge in [0.1, 0.15) is 0 Å². The van der Waals surface area contributed by atoms with E-state index in [2.05, 4.69) is 5.32 Å². The van der Waals surface area contributed by atoms with Crippen LogP contribution in [0.15, 0.2) is 23.1 Å². The van der Waals surface area contributed by atoms with E-state index in [-0.39, 0.29) is 29.0 Å². The molecule has 0 radical (unpaired) electrons. The normalized spacial score (nSPS) is 15.7. The van der Waals surface area contributed by atoms with E-state index in [4.69, 9.17) is 9.88 Å². The van der Waals surface area contributed by atoms with E-state index in [1.807, 2.05) is 0 Å². The second kappa shape index (κ2) is 5.90. The van der Waals surface area contributed by atoms with Crippen molar-refractivity contribution in [1.82, 2.24) is 5.32 Å². The predicted octanol–water partition coefficient (Wildman–Crippen LogP) is 0.763. The lowest BCUT2D eigenvalue weighted by molar-refractivity contribution is 0.0916. The molecule has 0 unspecified atom stereocenters. The smallest absolute Gasteiger partial charge is 0.251 e. The summed E-state index contributed by atoms with van der Waals surface area (Å²) in [6.07, 6.45) is 3.04. The molecule has 0 heterocycles. The lowest BCUT2D eigenvalue weighted by Gasteiger charge is -2.26. The Morgan fingerprint density at radius 2 is 2.10 bits per heavy atom. The van der Waals surface area contributed by atoms with Gasteiger partial charge in [0.05, 0.1) is 11.5 Å². The summed E-state index contributed by atoms with van der Waals surface area (Å²) in [6, 6.07) is 4.51. The van der Waals surface area contributed by atoms with Gasteiger partial charge in [-0.15, -0.1) is 0 Å². The van der Waals surface area contributed by atoms with Crippen molar-refractivity contribution in [2.45, 2.75) is 36.8 Å². The van der Waals surface area contributed by atoms with Gasteiger partial charge in [0, 0.05) is 18.7 Å². The fourth-order valence-electron chi connectivity index (χ4n) is 2.03. The van der Waals surface area contributed by atoms with Gasteiger partial charge in [-0.3, -0.25) is 4.79 Å². The zero-order valence-corrected chi connectivity index (χ0v) is 12.1. The Labute approximate surface area is 118 Å². The molecule has 3 N–H and O–H groups in total. The highest BCUT2D eigenvalue weighted by Gasteiger charge is 2.21. The zero-order valence-electron chi connectivity index (χ0n) is 11.3. The Bertz CT molecular complexity index is 609. The van der Waals surface area contributed by atoms with Gasteiger partial charge in [-0.2, -0.15) is 0 Å². The van der Waals surface area contributed by atoms with Gasteiger partial charge in [-0.25, -0.2) is 13.6 Å². The van der Waals surface area contributed by atoms with Crippen LogP contribution in [0.4, 0.5) is 0 Å². The Morgan fingerprint density at radius 3 is 2.60 bits per heavy atom. The number of primary sulfonamides is 1. The van der Waals surface area contributed by atoms with Crippen LogP contribution in [0, 0.1) is 0 Å². The first-order valence-electron chi connectivity index (χ1n) is 6.36. The van der Waals surface area contributed by atoms with Crippen LogP contribution in [0.2, 0.25) is 0 Å². The van der Waals surface area contributed by atoms with Crippen LogP contribution in [0.25, 0.3) is 0 Å². The molecule has 1 aliphatic rings. The van der Waals surface area contributed by atoms with E-state index in [1.54, 1.807) is 6.07 Å². The van der Waals surface area contributed by atoms with E-state index >= 15 is 0 Å². The van der Waals surface area contributed by atoms with Gasteiger partial charge in [-0.05, 0) is 43.0 Å². The Morgan fingerprint density at radius 1 is 1.40 bits per heavy atom. The third-order valence-electron chi connectivity index (χ3n) is 3.31. The van der Waals surface area contributed by atoms with E-state index < -0.39 is 10.0 Å². The summed E-state index contributed by atoms with van der Waals surface area (Å²) in [5.41, 5.74) is 0.883. The summed E-state index contributed by atoms with van der Waals surface area (Å²) in [5, 5.41) is 7.99. The molecule has 110 valence electrons. The summed E-state index contributed by atoms with van der Waals surface area (Å²) in [7, 11) is -2.36. The number of nitrogens with two attached hydrogens (primary N) is 1. The molecule has 1 aliphatic carbocycles. The van der Waals surface area contributed by atoms with Crippen molar-refractivity contribution in [3.63, 3.8) is 0 Å². The molecule has 1 saturated carbocycles. The number of rotatable bonds is 5. The maximum Gasteiger partial charge on any atom is 0.251 e. The molecule has 0 bridgehead atoms. The first-order valence-corrected chi connectivity index (χ1v) is 7.91. The highest BCUT2D eigenvalue weighted by molar-refractivity contribution is 7.89. The van der Waals surface area contributed by atoms with Crippen molar-refractivity contribution in [2.24, 2.45) is 5.14 Å². The molecule has 1 amide bonds. The Hall–Kier alpha value is -1.44. The largest absolute Gasteiger partial charge is 0.380 e. The van der Waals surface area contributed by atoms with E-state index in [9.17, 15) is 13.2 Å². The van der Waals surface area contributed by atoms with Crippen LogP contribution in [0.3, 0.4) is 0 Å². The lowest BCUT2D eigenvalue weighted by Crippen LogP contribution is -2.39. The Balaban J connectivity index is 2.30. The van der Waals surface area contributed by atoms with E-state index in [1.165, 1.54) is 19.2 Å². The molecule has 1 aromatic carbocycles. The van der Waals surface area contributed by atoms with Crippen LogP contribution in [-0.4, -0.2) is 27.5 Å². The van der Waals surface area contributed by atoms with Crippen LogP contribution >= 0.6 is 0 Å². The molecule has 0 spiro atoms. The number of amides is 1. The Kier molecular flexibility index (Phi) is 4.42. The molecule has 7 heteroatoms. The molecule has 2 rings (SSSR count). The van der Waals surface area contributed by atoms with Crippen molar-refractivity contribution in [3.05, 3.63) is 29.3 Å². The number of hydrogen-bond donors (Lipinski definition) is 2. The minimum Gasteiger partial charge on any atom is -0.380 e. The fraction of sp³-hybridized carbons (Fsp3) is 0.462. The summed E-state index contributed by atoms with van der Waals surface area (Å²) in [5.74, 6) is -0.280. The van der Waals surface area contributed by atoms with E-state index in [0.717, 1.165) is 19.3 Å². The van der Waals surface area contributed by atoms with Crippen molar-refractivity contribution in [2.75, 3.05) is 7.11 Å². The van der Waals surface area contributed by atoms with Crippen LogP contribution in [-0.2, 0) is 21.4 Å². The maximum absolute atomic E-state index is 12.1. The number of carbonyl (C=O) groups is 1. The van der Waals surface area contributed by atoms with Crippen LogP contribution in [0.5, 0.6) is 0 Å². The molecule has 0 atom stereocenters. The molecule has 20 heavy (non-hydrogen) atoms. The van der Waals surface area contributed by atoms with E-state index in [0.29, 0.717) is 5.56 Å². The highest BCUT2D eigenvalue weighted by atomic mass is 32.2. The standard InChI is InChI=1S/C13H18N2O4S/c1-19-8-9-5-10(7-12(6-9)20(14,17)18)13(16)15-11-3-2-4-11/h5-7,11H,2-4,8H2,1H3,(H,15,16)(H2,14,17,18). The van der Waals surface area contributed by atoms with Crippen LogP contribution in [0.1, 0.15) is 35.2 Å². The summed E-state index contributed by atoms with van der Waals surface area (Å²) in [6.45, 7) is 0.215. The molecular weight excluding hydrogens is 280 g/mol. The first-order chi connectivity index (χ1) is 9.40. The van der Waals surface area contributed by atoms with Crippen molar-refractivity contribution in [1.29, 1.82) is 0 Å². The maximum atomic E-state index is 12.1. The number of carbonyl (C=O) groups excluding carboxylic acids is 1. The molecule has 1 aromatic rings. The average molecular weight is 298 g/mol. The lowest BCUT2D eigenvalue weighted by atomic mass is 9.93. The van der Waals surface area contributed by atoms with Gasteiger partial charge in [-0.1, -0.05) is 0 Å². The van der Waals surface area contributed by atoms with Gasteiger partial charge < -0.3 is 10.1 Å².